The highest BCUT2D eigenvalue weighted by Gasteiger charge is 2.37. The Kier molecular flexibility index (Phi) is 3.14. The van der Waals surface area contributed by atoms with E-state index >= 15 is 0 Å². The number of hydrogen-bond donors (Lipinski definition) is 1. The van der Waals surface area contributed by atoms with Crippen molar-refractivity contribution in [3.8, 4) is 0 Å². The number of carbonyl (C=O) groups excluding carboxylic acids is 2. The minimum absolute atomic E-state index is 0.0609. The number of amides is 2. The van der Waals surface area contributed by atoms with E-state index in [1.165, 1.54) is 0 Å². The van der Waals surface area contributed by atoms with Crippen LogP contribution in [0.15, 0.2) is 24.3 Å². The molecular formula is C13H13NO4. The number of carbonyl (C=O) groups is 3. The summed E-state index contributed by atoms with van der Waals surface area (Å²) in [5, 5.41) is 8.62. The van der Waals surface area contributed by atoms with Gasteiger partial charge in [0, 0.05) is 12.5 Å². The summed E-state index contributed by atoms with van der Waals surface area (Å²) in [6.07, 6.45) is 0.204. The Hall–Kier alpha value is -2.17. The van der Waals surface area contributed by atoms with Crippen LogP contribution >= 0.6 is 0 Å². The first-order valence-corrected chi connectivity index (χ1v) is 5.71. The summed E-state index contributed by atoms with van der Waals surface area (Å²) in [5.74, 6) is -1.61. The lowest BCUT2D eigenvalue weighted by Gasteiger charge is -2.21. The molecule has 5 nitrogen and oxygen atoms in total. The second-order valence-corrected chi connectivity index (χ2v) is 4.31. The Balaban J connectivity index is 2.20. The maximum atomic E-state index is 12.1. The van der Waals surface area contributed by atoms with Crippen LogP contribution in [0.3, 0.4) is 0 Å². The van der Waals surface area contributed by atoms with E-state index in [1.807, 2.05) is 0 Å². The fourth-order valence-electron chi connectivity index (χ4n) is 2.07. The van der Waals surface area contributed by atoms with Crippen LogP contribution in [0.2, 0.25) is 0 Å². The van der Waals surface area contributed by atoms with Crippen molar-refractivity contribution in [2.45, 2.75) is 25.8 Å². The number of carboxylic acids is 1. The predicted molar refractivity (Wildman–Crippen MR) is 63.3 cm³/mol. The number of nitrogens with zero attached hydrogens (tertiary/aromatic N) is 1. The average molecular weight is 247 g/mol. The van der Waals surface area contributed by atoms with Crippen molar-refractivity contribution in [1.29, 1.82) is 0 Å². The van der Waals surface area contributed by atoms with E-state index in [1.54, 1.807) is 31.2 Å². The molecule has 0 unspecified atom stereocenters. The van der Waals surface area contributed by atoms with Crippen LogP contribution in [-0.4, -0.2) is 33.8 Å². The molecule has 1 aromatic rings. The molecule has 0 aliphatic carbocycles. The number of imide groups is 1. The molecule has 1 heterocycles. The van der Waals surface area contributed by atoms with Crippen LogP contribution in [0.25, 0.3) is 0 Å². The van der Waals surface area contributed by atoms with E-state index in [0.29, 0.717) is 11.1 Å². The molecule has 1 aliphatic heterocycles. The Morgan fingerprint density at radius 3 is 2.17 bits per heavy atom. The van der Waals surface area contributed by atoms with Crippen LogP contribution in [0.5, 0.6) is 0 Å². The first-order valence-electron chi connectivity index (χ1n) is 5.71. The van der Waals surface area contributed by atoms with Crippen LogP contribution in [0.4, 0.5) is 0 Å². The smallest absolute Gasteiger partial charge is 0.303 e. The van der Waals surface area contributed by atoms with Gasteiger partial charge in [-0.3, -0.25) is 19.3 Å². The number of aliphatic carboxylic acids is 1. The fourth-order valence-corrected chi connectivity index (χ4v) is 2.07. The molecule has 0 spiro atoms. The van der Waals surface area contributed by atoms with Crippen LogP contribution in [0.1, 0.15) is 40.5 Å². The Bertz CT molecular complexity index is 488. The minimum atomic E-state index is -0.932. The van der Waals surface area contributed by atoms with Gasteiger partial charge in [0.15, 0.2) is 0 Å². The van der Waals surface area contributed by atoms with Crippen molar-refractivity contribution in [3.05, 3.63) is 35.4 Å². The van der Waals surface area contributed by atoms with Crippen molar-refractivity contribution >= 4 is 17.8 Å². The third kappa shape index (κ3) is 1.99. The highest BCUT2D eigenvalue weighted by Crippen LogP contribution is 2.25. The van der Waals surface area contributed by atoms with Gasteiger partial charge < -0.3 is 5.11 Å². The molecule has 5 heteroatoms. The van der Waals surface area contributed by atoms with Crippen molar-refractivity contribution < 1.29 is 19.5 Å². The van der Waals surface area contributed by atoms with Gasteiger partial charge in [-0.1, -0.05) is 12.1 Å². The maximum Gasteiger partial charge on any atom is 0.303 e. The molecule has 1 aliphatic rings. The Morgan fingerprint density at radius 1 is 1.22 bits per heavy atom. The van der Waals surface area contributed by atoms with Crippen LogP contribution < -0.4 is 0 Å². The van der Waals surface area contributed by atoms with Crippen molar-refractivity contribution in [2.24, 2.45) is 0 Å². The monoisotopic (exact) mass is 247 g/mol. The zero-order chi connectivity index (χ0) is 13.3. The van der Waals surface area contributed by atoms with Gasteiger partial charge in [0.2, 0.25) is 0 Å². The van der Waals surface area contributed by atoms with Crippen LogP contribution in [0, 0.1) is 0 Å². The lowest BCUT2D eigenvalue weighted by molar-refractivity contribution is -0.137. The molecule has 2 amide bonds. The molecule has 94 valence electrons. The van der Waals surface area contributed by atoms with Crippen molar-refractivity contribution in [2.75, 3.05) is 0 Å². The average Bonchev–Trinajstić information content (AvgIpc) is 2.60. The van der Waals surface area contributed by atoms with Gasteiger partial charge in [-0.25, -0.2) is 0 Å². The molecule has 0 bridgehead atoms. The number of fused-ring (bicyclic) bond motifs is 1. The van der Waals surface area contributed by atoms with Gasteiger partial charge in [-0.2, -0.15) is 0 Å². The number of rotatable bonds is 4. The third-order valence-electron chi connectivity index (χ3n) is 3.04. The van der Waals surface area contributed by atoms with E-state index in [4.69, 9.17) is 5.11 Å². The number of hydrogen-bond acceptors (Lipinski definition) is 3. The second kappa shape index (κ2) is 4.60. The quantitative estimate of drug-likeness (QED) is 0.819. The third-order valence-corrected chi connectivity index (χ3v) is 3.04. The van der Waals surface area contributed by atoms with E-state index in [9.17, 15) is 14.4 Å². The molecule has 0 fully saturated rings. The fraction of sp³-hybridized carbons (Fsp3) is 0.308. The normalized spacial score (nSPS) is 15.7. The molecule has 1 atom stereocenters. The highest BCUT2D eigenvalue weighted by atomic mass is 16.4. The summed E-state index contributed by atoms with van der Waals surface area (Å²) >= 11 is 0. The Morgan fingerprint density at radius 2 is 1.72 bits per heavy atom. The summed E-state index contributed by atoms with van der Waals surface area (Å²) in [5.41, 5.74) is 0.786. The summed E-state index contributed by atoms with van der Waals surface area (Å²) in [6, 6.07) is 6.22. The molecule has 0 saturated heterocycles. The van der Waals surface area contributed by atoms with Crippen molar-refractivity contribution in [3.63, 3.8) is 0 Å². The van der Waals surface area contributed by atoms with Gasteiger partial charge in [-0.05, 0) is 25.5 Å². The first kappa shape index (κ1) is 12.3. The molecular weight excluding hydrogens is 234 g/mol. The molecule has 18 heavy (non-hydrogen) atoms. The maximum absolute atomic E-state index is 12.1. The van der Waals surface area contributed by atoms with Gasteiger partial charge in [-0.15, -0.1) is 0 Å². The molecule has 1 N–H and O–H groups in total. The van der Waals surface area contributed by atoms with Gasteiger partial charge >= 0.3 is 5.97 Å². The number of carboxylic acid groups (broad SMARTS) is 1. The molecule has 2 rings (SSSR count). The summed E-state index contributed by atoms with van der Waals surface area (Å²) in [7, 11) is 0. The second-order valence-electron chi connectivity index (χ2n) is 4.31. The predicted octanol–water partition coefficient (Wildman–Crippen LogP) is 1.54. The molecule has 0 aromatic heterocycles. The van der Waals surface area contributed by atoms with Gasteiger partial charge in [0.1, 0.15) is 0 Å². The SMILES string of the molecule is C[C@@H](CCC(=O)O)N1C(=O)c2ccccc2C1=O. The highest BCUT2D eigenvalue weighted by molar-refractivity contribution is 6.21. The zero-order valence-electron chi connectivity index (χ0n) is 9.92. The summed E-state index contributed by atoms with van der Waals surface area (Å²) < 4.78 is 0. The van der Waals surface area contributed by atoms with E-state index in [0.717, 1.165) is 4.90 Å². The van der Waals surface area contributed by atoms with E-state index < -0.39 is 12.0 Å². The Labute approximate surface area is 104 Å². The van der Waals surface area contributed by atoms with Gasteiger partial charge in [0.25, 0.3) is 11.8 Å². The molecule has 0 radical (unpaired) electrons. The standard InChI is InChI=1S/C13H13NO4/c1-8(6-7-11(15)16)14-12(17)9-4-2-3-5-10(9)13(14)18/h2-5,8H,6-7H2,1H3,(H,15,16)/t8-/m0/s1. The number of benzene rings is 1. The summed E-state index contributed by atoms with van der Waals surface area (Å²) in [4.78, 5) is 35.8. The largest absolute Gasteiger partial charge is 0.481 e. The lowest BCUT2D eigenvalue weighted by atomic mass is 10.1. The summed E-state index contributed by atoms with van der Waals surface area (Å²) in [6.45, 7) is 1.69. The van der Waals surface area contributed by atoms with Crippen LogP contribution in [-0.2, 0) is 4.79 Å². The first-order chi connectivity index (χ1) is 8.52. The molecule has 0 saturated carbocycles. The zero-order valence-corrected chi connectivity index (χ0v) is 9.92. The topological polar surface area (TPSA) is 74.7 Å². The molecule has 1 aromatic carbocycles. The van der Waals surface area contributed by atoms with Gasteiger partial charge in [0.05, 0.1) is 11.1 Å². The lowest BCUT2D eigenvalue weighted by Crippen LogP contribution is -2.38. The van der Waals surface area contributed by atoms with E-state index in [-0.39, 0.29) is 24.7 Å². The minimum Gasteiger partial charge on any atom is -0.481 e. The van der Waals surface area contributed by atoms with Crippen molar-refractivity contribution in [1.82, 2.24) is 4.90 Å². The van der Waals surface area contributed by atoms with E-state index in [2.05, 4.69) is 0 Å².